The third-order valence-corrected chi connectivity index (χ3v) is 3.71. The van der Waals surface area contributed by atoms with Crippen LogP contribution < -0.4 is 15.8 Å². The number of anilines is 1. The number of nitrogens with one attached hydrogen (secondary N) is 2. The Kier molecular flexibility index (Phi) is 5.34. The van der Waals surface area contributed by atoms with Crippen molar-refractivity contribution in [3.63, 3.8) is 0 Å². The van der Waals surface area contributed by atoms with Crippen molar-refractivity contribution in [2.45, 2.75) is 19.6 Å². The Bertz CT molecular complexity index is 865. The second-order valence-electron chi connectivity index (χ2n) is 5.34. The molecule has 0 saturated heterocycles. The van der Waals surface area contributed by atoms with Crippen molar-refractivity contribution < 1.29 is 9.53 Å². The third-order valence-electron chi connectivity index (χ3n) is 3.49. The van der Waals surface area contributed by atoms with E-state index < -0.39 is 0 Å². The van der Waals surface area contributed by atoms with E-state index in [9.17, 15) is 4.79 Å². The summed E-state index contributed by atoms with van der Waals surface area (Å²) in [6.07, 6.45) is 1.93. The molecule has 0 fully saturated rings. The van der Waals surface area contributed by atoms with E-state index in [1.807, 2.05) is 24.3 Å². The number of thiol groups is 1. The largest absolute Gasteiger partial charge is 0.471 e. The number of rotatable bonds is 7. The zero-order valence-electron chi connectivity index (χ0n) is 13.4. The van der Waals surface area contributed by atoms with Crippen molar-refractivity contribution in [1.82, 2.24) is 25.3 Å². The summed E-state index contributed by atoms with van der Waals surface area (Å²) in [6.45, 7) is 0.814. The van der Waals surface area contributed by atoms with Gasteiger partial charge >= 0.3 is 0 Å². The highest BCUT2D eigenvalue weighted by Crippen LogP contribution is 2.20. The summed E-state index contributed by atoms with van der Waals surface area (Å²) in [5.74, 6) is 0.997. The van der Waals surface area contributed by atoms with Gasteiger partial charge in [-0.25, -0.2) is 4.98 Å². The van der Waals surface area contributed by atoms with Crippen LogP contribution >= 0.6 is 12.6 Å². The minimum atomic E-state index is -0.00761. The Morgan fingerprint density at radius 2 is 2.00 bits per heavy atom. The van der Waals surface area contributed by atoms with Gasteiger partial charge in [-0.1, -0.05) is 24.3 Å². The van der Waals surface area contributed by atoms with Crippen molar-refractivity contribution in [1.29, 1.82) is 0 Å². The molecular weight excluding hydrogens is 340 g/mol. The quantitative estimate of drug-likeness (QED) is 0.475. The molecule has 3 rings (SSSR count). The lowest BCUT2D eigenvalue weighted by molar-refractivity contribution is -0.120. The predicted molar refractivity (Wildman–Crippen MR) is 97.2 cm³/mol. The molecule has 3 aromatic rings. The fourth-order valence-corrected chi connectivity index (χ4v) is 2.43. The van der Waals surface area contributed by atoms with Gasteiger partial charge in [0, 0.05) is 13.0 Å². The molecule has 25 heavy (non-hydrogen) atoms. The number of hydrogen-bond acceptors (Lipinski definition) is 7. The molecule has 4 N–H and O–H groups in total. The number of aromatic nitrogens is 4. The molecule has 0 spiro atoms. The number of nitrogen functional groups attached to an aromatic ring is 1. The topological polar surface area (TPSA) is 119 Å². The first-order valence-electron chi connectivity index (χ1n) is 7.70. The molecule has 0 bridgehead atoms. The van der Waals surface area contributed by atoms with Crippen molar-refractivity contribution >= 4 is 35.6 Å². The maximum Gasteiger partial charge on any atom is 0.247 e. The minimum absolute atomic E-state index is 0.00761. The number of benzene rings is 1. The summed E-state index contributed by atoms with van der Waals surface area (Å²) in [4.78, 5) is 26.6. The van der Waals surface area contributed by atoms with Gasteiger partial charge in [0.2, 0.25) is 17.7 Å². The van der Waals surface area contributed by atoms with E-state index in [0.29, 0.717) is 42.4 Å². The molecule has 8 nitrogen and oxygen atoms in total. The molecular formula is C16H18N6O2S. The van der Waals surface area contributed by atoms with Crippen LogP contribution in [0.1, 0.15) is 17.5 Å². The molecule has 2 heterocycles. The van der Waals surface area contributed by atoms with Crippen molar-refractivity contribution in [3.8, 4) is 5.88 Å². The van der Waals surface area contributed by atoms with Gasteiger partial charge < -0.3 is 20.8 Å². The summed E-state index contributed by atoms with van der Waals surface area (Å²) in [6, 6.07) is 7.76. The highest BCUT2D eigenvalue weighted by molar-refractivity contribution is 7.80. The van der Waals surface area contributed by atoms with Crippen molar-refractivity contribution in [2.24, 2.45) is 0 Å². The van der Waals surface area contributed by atoms with Crippen LogP contribution in [-0.4, -0.2) is 31.6 Å². The first kappa shape index (κ1) is 17.0. The number of carbonyl (C=O) groups is 1. The fourth-order valence-electron chi connectivity index (χ4n) is 2.22. The number of fused-ring (bicyclic) bond motifs is 1. The van der Waals surface area contributed by atoms with E-state index in [1.165, 1.54) is 6.33 Å². The van der Waals surface area contributed by atoms with Gasteiger partial charge in [0.05, 0.1) is 6.33 Å². The number of hydrogen-bond donors (Lipinski definition) is 4. The van der Waals surface area contributed by atoms with E-state index >= 15 is 0 Å². The summed E-state index contributed by atoms with van der Waals surface area (Å²) in [5.41, 5.74) is 8.71. The van der Waals surface area contributed by atoms with Crippen LogP contribution in [0.2, 0.25) is 0 Å². The highest BCUT2D eigenvalue weighted by Gasteiger charge is 2.10. The van der Waals surface area contributed by atoms with Crippen LogP contribution in [-0.2, 0) is 17.9 Å². The van der Waals surface area contributed by atoms with Crippen molar-refractivity contribution in [2.75, 3.05) is 11.5 Å². The lowest BCUT2D eigenvalue weighted by Gasteiger charge is -2.08. The van der Waals surface area contributed by atoms with E-state index in [-0.39, 0.29) is 11.9 Å². The molecule has 130 valence electrons. The lowest BCUT2D eigenvalue weighted by atomic mass is 10.1. The minimum Gasteiger partial charge on any atom is -0.471 e. The number of nitrogens with two attached hydrogens (primary N) is 1. The molecule has 1 aromatic carbocycles. The van der Waals surface area contributed by atoms with E-state index in [2.05, 4.69) is 37.9 Å². The molecule has 0 radical (unpaired) electrons. The maximum absolute atomic E-state index is 11.4. The summed E-state index contributed by atoms with van der Waals surface area (Å²) in [7, 11) is 0. The number of aromatic amines is 1. The molecule has 0 atom stereocenters. The molecule has 1 amide bonds. The van der Waals surface area contributed by atoms with E-state index in [0.717, 1.165) is 11.1 Å². The number of carbonyl (C=O) groups excluding carboxylic acids is 1. The standard InChI is InChI=1S/C16H18N6O2S/c17-16-21-14-13(19-9-20-14)15(22-16)24-8-11-3-1-10(2-4-11)7-18-12(23)5-6-25/h1-4,9,25H,5-8H2,(H,18,23)(H3,17,19,20,21,22). The van der Waals surface area contributed by atoms with Gasteiger partial charge in [-0.3, -0.25) is 4.79 Å². The monoisotopic (exact) mass is 358 g/mol. The maximum atomic E-state index is 11.4. The molecule has 9 heteroatoms. The van der Waals surface area contributed by atoms with Crippen molar-refractivity contribution in [3.05, 3.63) is 41.7 Å². The smallest absolute Gasteiger partial charge is 0.247 e. The SMILES string of the molecule is Nc1nc(OCc2ccc(CNC(=O)CCS)cc2)c2nc[nH]c2n1. The number of nitrogens with zero attached hydrogens (tertiary/aromatic N) is 3. The summed E-state index contributed by atoms with van der Waals surface area (Å²) < 4.78 is 5.72. The zero-order chi connectivity index (χ0) is 17.6. The van der Waals surface area contributed by atoms with Gasteiger partial charge in [0.1, 0.15) is 6.61 Å². The number of amides is 1. The Balaban J connectivity index is 1.60. The van der Waals surface area contributed by atoms with Crippen LogP contribution in [0.3, 0.4) is 0 Å². The van der Waals surface area contributed by atoms with Crippen LogP contribution in [0.15, 0.2) is 30.6 Å². The van der Waals surface area contributed by atoms with Crippen LogP contribution in [0, 0.1) is 0 Å². The Morgan fingerprint density at radius 3 is 2.76 bits per heavy atom. The first-order chi connectivity index (χ1) is 12.2. The number of ether oxygens (including phenoxy) is 1. The van der Waals surface area contributed by atoms with Gasteiger partial charge in [0.25, 0.3) is 0 Å². The average molecular weight is 358 g/mol. The Labute approximate surface area is 149 Å². The van der Waals surface area contributed by atoms with Crippen LogP contribution in [0.5, 0.6) is 5.88 Å². The predicted octanol–water partition coefficient (Wildman–Crippen LogP) is 1.45. The first-order valence-corrected chi connectivity index (χ1v) is 8.33. The molecule has 0 aliphatic heterocycles. The second-order valence-corrected chi connectivity index (χ2v) is 5.79. The number of imidazole rings is 1. The second kappa shape index (κ2) is 7.84. The lowest BCUT2D eigenvalue weighted by Crippen LogP contribution is -2.22. The van der Waals surface area contributed by atoms with Gasteiger partial charge in [0.15, 0.2) is 11.2 Å². The molecule has 0 aliphatic rings. The molecule has 0 aliphatic carbocycles. The van der Waals surface area contributed by atoms with Gasteiger partial charge in [-0.2, -0.15) is 22.6 Å². The zero-order valence-corrected chi connectivity index (χ0v) is 14.3. The third kappa shape index (κ3) is 4.38. The average Bonchev–Trinajstić information content (AvgIpc) is 3.07. The van der Waals surface area contributed by atoms with E-state index in [4.69, 9.17) is 10.5 Å². The van der Waals surface area contributed by atoms with Crippen LogP contribution in [0.4, 0.5) is 5.95 Å². The van der Waals surface area contributed by atoms with Gasteiger partial charge in [-0.05, 0) is 16.9 Å². The van der Waals surface area contributed by atoms with E-state index in [1.54, 1.807) is 0 Å². The van der Waals surface area contributed by atoms with Gasteiger partial charge in [-0.15, -0.1) is 0 Å². The summed E-state index contributed by atoms with van der Waals surface area (Å²) in [5, 5.41) is 2.84. The normalized spacial score (nSPS) is 10.8. The Morgan fingerprint density at radius 1 is 1.24 bits per heavy atom. The molecule has 0 unspecified atom stereocenters. The molecule has 0 saturated carbocycles. The highest BCUT2D eigenvalue weighted by atomic mass is 32.1. The fraction of sp³-hybridized carbons (Fsp3) is 0.250. The molecule has 2 aromatic heterocycles. The summed E-state index contributed by atoms with van der Waals surface area (Å²) >= 11 is 4.03. The van der Waals surface area contributed by atoms with Crippen LogP contribution in [0.25, 0.3) is 11.2 Å². The number of H-pyrrole nitrogens is 1. The Hall–Kier alpha value is -2.81.